The zero-order valence-corrected chi connectivity index (χ0v) is 30.1. The van der Waals surface area contributed by atoms with Gasteiger partial charge in [-0.25, -0.2) is 18.6 Å². The third-order valence-electron chi connectivity index (χ3n) is 9.20. The molecule has 13 heteroatoms. The van der Waals surface area contributed by atoms with Crippen LogP contribution >= 0.6 is 11.3 Å². The van der Waals surface area contributed by atoms with Gasteiger partial charge in [0.1, 0.15) is 34.4 Å². The van der Waals surface area contributed by atoms with Gasteiger partial charge in [-0.1, -0.05) is 18.9 Å². The van der Waals surface area contributed by atoms with Crippen molar-refractivity contribution in [3.63, 3.8) is 0 Å². The van der Waals surface area contributed by atoms with Crippen LogP contribution in [0.3, 0.4) is 0 Å². The van der Waals surface area contributed by atoms with E-state index in [-0.39, 0.29) is 30.5 Å². The summed E-state index contributed by atoms with van der Waals surface area (Å²) in [5.41, 5.74) is 4.01. The van der Waals surface area contributed by atoms with Crippen LogP contribution in [0.2, 0.25) is 0 Å². The Bertz CT molecular complexity index is 2250. The summed E-state index contributed by atoms with van der Waals surface area (Å²) in [6, 6.07) is 11.7. The van der Waals surface area contributed by atoms with Crippen molar-refractivity contribution in [3.05, 3.63) is 71.4 Å². The average molecular weight is 715 g/mol. The number of aryl methyl sites for hydroxylation is 1. The van der Waals surface area contributed by atoms with Gasteiger partial charge in [-0.05, 0) is 63.3 Å². The minimum Gasteiger partial charge on any atom is -0.496 e. The predicted molar refractivity (Wildman–Crippen MR) is 194 cm³/mol. The second-order valence-corrected chi connectivity index (χ2v) is 14.8. The molecule has 1 aliphatic heterocycles. The fourth-order valence-corrected chi connectivity index (χ4v) is 7.78. The van der Waals surface area contributed by atoms with Crippen molar-refractivity contribution in [2.45, 2.75) is 71.2 Å². The molecule has 0 bridgehead atoms. The highest BCUT2D eigenvalue weighted by molar-refractivity contribution is 7.18. The van der Waals surface area contributed by atoms with Gasteiger partial charge in [0.2, 0.25) is 0 Å². The van der Waals surface area contributed by atoms with E-state index in [1.807, 2.05) is 68.2 Å². The number of pyridine rings is 1. The van der Waals surface area contributed by atoms with Crippen molar-refractivity contribution in [2.75, 3.05) is 13.7 Å². The largest absolute Gasteiger partial charge is 0.496 e. The molecule has 0 saturated carbocycles. The van der Waals surface area contributed by atoms with E-state index in [0.717, 1.165) is 51.2 Å². The number of aliphatic hydroxyl groups is 1. The summed E-state index contributed by atoms with van der Waals surface area (Å²) in [6.45, 7) is 6.31. The minimum atomic E-state index is -0.780. The van der Waals surface area contributed by atoms with Crippen LogP contribution < -0.4 is 4.74 Å². The van der Waals surface area contributed by atoms with Gasteiger partial charge in [0.05, 0.1) is 54.9 Å². The highest BCUT2D eigenvalue weighted by atomic mass is 32.1. The molecule has 6 aromatic rings. The summed E-state index contributed by atoms with van der Waals surface area (Å²) in [4.78, 5) is 20.5. The fraction of sp³-hybridized carbons (Fsp3) is 0.368. The molecule has 51 heavy (non-hydrogen) atoms. The van der Waals surface area contributed by atoms with Gasteiger partial charge >= 0.3 is 6.09 Å². The van der Waals surface area contributed by atoms with Gasteiger partial charge < -0.3 is 14.6 Å². The van der Waals surface area contributed by atoms with E-state index in [2.05, 4.69) is 5.10 Å². The van der Waals surface area contributed by atoms with Gasteiger partial charge in [0.15, 0.2) is 0 Å². The zero-order valence-electron chi connectivity index (χ0n) is 29.2. The van der Waals surface area contributed by atoms with Gasteiger partial charge in [0, 0.05) is 52.4 Å². The van der Waals surface area contributed by atoms with Crippen LogP contribution in [0.5, 0.6) is 5.75 Å². The molecule has 1 aliphatic rings. The molecule has 1 N–H and O–H groups in total. The molecule has 4 aromatic heterocycles. The molecule has 0 radical (unpaired) electrons. The monoisotopic (exact) mass is 714 g/mol. The first-order valence-electron chi connectivity index (χ1n) is 17.0. The quantitative estimate of drug-likeness (QED) is 0.150. The molecular weight excluding hydrogens is 675 g/mol. The number of aliphatic hydroxyl groups excluding tert-OH is 1. The van der Waals surface area contributed by atoms with Crippen LogP contribution in [-0.2, 0) is 24.9 Å². The lowest BCUT2D eigenvalue weighted by atomic mass is 9.96. The Morgan fingerprint density at radius 1 is 1.06 bits per heavy atom. The van der Waals surface area contributed by atoms with Crippen LogP contribution in [-0.4, -0.2) is 66.0 Å². The SMILES string of the molecule is COc1cc(F)cc(F)c1-c1c(-c2cc3n(n2)C[C@@H](CCCCCO)N(C(=O)OC(C)(C)C)C3)nc(-c2ccc3c(cnn3C)c2)c2ccsc12. The van der Waals surface area contributed by atoms with E-state index in [4.69, 9.17) is 19.6 Å². The highest BCUT2D eigenvalue weighted by Crippen LogP contribution is 2.47. The highest BCUT2D eigenvalue weighted by Gasteiger charge is 2.35. The first kappa shape index (κ1) is 34.6. The lowest BCUT2D eigenvalue weighted by molar-refractivity contribution is 0.00525. The van der Waals surface area contributed by atoms with Crippen molar-refractivity contribution >= 4 is 38.4 Å². The third-order valence-corrected chi connectivity index (χ3v) is 10.1. The number of methoxy groups -OCH3 is 1. The Morgan fingerprint density at radius 2 is 1.88 bits per heavy atom. The number of nitrogens with zero attached hydrogens (tertiary/aromatic N) is 6. The van der Waals surface area contributed by atoms with Gasteiger partial charge in [0.25, 0.3) is 0 Å². The second-order valence-electron chi connectivity index (χ2n) is 13.9. The molecule has 0 unspecified atom stereocenters. The van der Waals surface area contributed by atoms with E-state index in [9.17, 15) is 14.3 Å². The van der Waals surface area contributed by atoms with Crippen molar-refractivity contribution in [1.82, 2.24) is 29.4 Å². The molecule has 5 heterocycles. The van der Waals surface area contributed by atoms with Gasteiger partial charge in [-0.15, -0.1) is 11.3 Å². The molecule has 266 valence electrons. The van der Waals surface area contributed by atoms with Crippen molar-refractivity contribution in [1.29, 1.82) is 0 Å². The number of amides is 1. The number of carbonyl (C=O) groups is 1. The number of fused-ring (bicyclic) bond motifs is 3. The van der Waals surface area contributed by atoms with Crippen molar-refractivity contribution < 1.29 is 28.2 Å². The number of hydrogen-bond acceptors (Lipinski definition) is 8. The number of rotatable bonds is 9. The van der Waals surface area contributed by atoms with Crippen molar-refractivity contribution in [2.24, 2.45) is 7.05 Å². The van der Waals surface area contributed by atoms with E-state index in [1.54, 1.807) is 15.8 Å². The number of carbonyl (C=O) groups excluding carboxylic acids is 1. The molecule has 2 aromatic carbocycles. The normalized spacial score (nSPS) is 14.7. The molecule has 10 nitrogen and oxygen atoms in total. The number of unbranched alkanes of at least 4 members (excludes halogenated alkanes) is 2. The number of halogens is 2. The maximum Gasteiger partial charge on any atom is 0.410 e. The molecule has 1 atom stereocenters. The summed E-state index contributed by atoms with van der Waals surface area (Å²) in [5, 5.41) is 22.4. The maximum absolute atomic E-state index is 16.0. The Morgan fingerprint density at radius 3 is 2.65 bits per heavy atom. The summed E-state index contributed by atoms with van der Waals surface area (Å²) >= 11 is 1.43. The Kier molecular flexibility index (Phi) is 9.27. The lowest BCUT2D eigenvalue weighted by Crippen LogP contribution is -2.48. The summed E-state index contributed by atoms with van der Waals surface area (Å²) in [6.07, 6.45) is 4.45. The number of benzene rings is 2. The van der Waals surface area contributed by atoms with Gasteiger partial charge in [-0.2, -0.15) is 10.2 Å². The topological polar surface area (TPSA) is 108 Å². The summed E-state index contributed by atoms with van der Waals surface area (Å²) < 4.78 is 46.3. The lowest BCUT2D eigenvalue weighted by Gasteiger charge is -2.37. The maximum atomic E-state index is 16.0. The standard InChI is InChI=1S/C38H40F2N6O4S/c1-38(2,3)50-37(48)45-20-26-18-29(43-46(26)21-25(45)9-7-6-8-13-47)35-33(32-28(40)16-24(39)17-31(32)49-5)36-27(12-14-51-36)34(42-35)22-10-11-30-23(15-22)19-41-44(30)4/h10-12,14-19,25,47H,6-9,13,20-21H2,1-5H3/t25-/m1/s1. The Hall–Kier alpha value is -4.88. The van der Waals surface area contributed by atoms with Crippen molar-refractivity contribution in [3.8, 4) is 39.5 Å². The molecule has 0 saturated heterocycles. The number of hydrogen-bond donors (Lipinski definition) is 1. The first-order chi connectivity index (χ1) is 24.5. The molecule has 0 spiro atoms. The van der Waals surface area contributed by atoms with Crippen LogP contribution in [0.25, 0.3) is 54.8 Å². The molecule has 0 fully saturated rings. The number of ether oxygens (including phenoxy) is 2. The van der Waals surface area contributed by atoms with Crippen LogP contribution in [0.4, 0.5) is 13.6 Å². The van der Waals surface area contributed by atoms with Crippen LogP contribution in [0, 0.1) is 11.6 Å². The van der Waals surface area contributed by atoms with E-state index in [0.29, 0.717) is 42.0 Å². The van der Waals surface area contributed by atoms with Gasteiger partial charge in [-0.3, -0.25) is 14.3 Å². The van der Waals surface area contributed by atoms with E-state index >= 15 is 4.39 Å². The molecule has 1 amide bonds. The Labute approximate surface area is 298 Å². The number of aromatic nitrogens is 5. The molecule has 7 rings (SSSR count). The zero-order chi connectivity index (χ0) is 36.0. The second kappa shape index (κ2) is 13.7. The average Bonchev–Trinajstić information content (AvgIpc) is 3.83. The predicted octanol–water partition coefficient (Wildman–Crippen LogP) is 8.34. The number of thiophene rings is 1. The van der Waals surface area contributed by atoms with Crippen LogP contribution in [0.15, 0.2) is 54.0 Å². The van der Waals surface area contributed by atoms with E-state index in [1.165, 1.54) is 24.5 Å². The van der Waals surface area contributed by atoms with E-state index < -0.39 is 23.3 Å². The third kappa shape index (κ3) is 6.67. The summed E-state index contributed by atoms with van der Waals surface area (Å²) in [5.74, 6) is -1.49. The fourth-order valence-electron chi connectivity index (χ4n) is 6.83. The molecular formula is C38H40F2N6O4S. The molecule has 0 aliphatic carbocycles. The minimum absolute atomic E-state index is 0.0396. The summed E-state index contributed by atoms with van der Waals surface area (Å²) in [7, 11) is 3.27. The Balaban J connectivity index is 1.41. The smallest absolute Gasteiger partial charge is 0.410 e. The first-order valence-corrected chi connectivity index (χ1v) is 17.9. The van der Waals surface area contributed by atoms with Crippen LogP contribution in [0.1, 0.15) is 52.1 Å².